The second kappa shape index (κ2) is 5.49. The zero-order chi connectivity index (χ0) is 11.4. The molecule has 0 radical (unpaired) electrons. The quantitative estimate of drug-likeness (QED) is 0.771. The molecule has 3 nitrogen and oxygen atoms in total. The van der Waals surface area contributed by atoms with Crippen molar-refractivity contribution in [1.29, 1.82) is 0 Å². The van der Waals surface area contributed by atoms with E-state index in [0.717, 1.165) is 10.6 Å². The number of nitrogens with zero attached hydrogens (tertiary/aromatic N) is 1. The summed E-state index contributed by atoms with van der Waals surface area (Å²) in [4.78, 5) is 5.33. The predicted molar refractivity (Wildman–Crippen MR) is 63.8 cm³/mol. The Morgan fingerprint density at radius 3 is 2.40 bits per heavy atom. The first-order chi connectivity index (χ1) is 7.00. The van der Waals surface area contributed by atoms with E-state index in [0.29, 0.717) is 0 Å². The number of pyridine rings is 1. The van der Waals surface area contributed by atoms with E-state index in [4.69, 9.17) is 5.73 Å². The lowest BCUT2D eigenvalue weighted by Gasteiger charge is -2.14. The molecule has 0 aromatic carbocycles. The van der Waals surface area contributed by atoms with Crippen molar-refractivity contribution in [3.8, 4) is 0 Å². The van der Waals surface area contributed by atoms with Crippen molar-refractivity contribution >= 4 is 11.8 Å². The number of rotatable bonds is 4. The molecule has 3 atom stereocenters. The van der Waals surface area contributed by atoms with Gasteiger partial charge in [-0.05, 0) is 26.0 Å². The fourth-order valence-electron chi connectivity index (χ4n) is 1.04. The fraction of sp³-hybridized carbons (Fsp3) is 0.545. The number of aliphatic hydroxyl groups excluding tert-OH is 1. The van der Waals surface area contributed by atoms with Crippen LogP contribution in [0.15, 0.2) is 23.2 Å². The average Bonchev–Trinajstić information content (AvgIpc) is 2.18. The number of hydrogen-bond donors (Lipinski definition) is 2. The summed E-state index contributed by atoms with van der Waals surface area (Å²) in [6, 6.07) is 3.90. The van der Waals surface area contributed by atoms with E-state index < -0.39 is 0 Å². The number of aliphatic hydroxyl groups is 1. The molecule has 84 valence electrons. The smallest absolute Gasteiger partial charge is 0.0631 e. The normalized spacial score (nSPS) is 17.1. The molecule has 0 fully saturated rings. The van der Waals surface area contributed by atoms with E-state index in [1.807, 2.05) is 32.2 Å². The Hall–Kier alpha value is -0.580. The van der Waals surface area contributed by atoms with Gasteiger partial charge in [-0.1, -0.05) is 6.92 Å². The monoisotopic (exact) mass is 226 g/mol. The number of aromatic nitrogens is 1. The molecule has 0 spiro atoms. The summed E-state index contributed by atoms with van der Waals surface area (Å²) < 4.78 is 0. The molecule has 1 heterocycles. The molecule has 0 bridgehead atoms. The Kier molecular flexibility index (Phi) is 4.57. The molecule has 4 heteroatoms. The van der Waals surface area contributed by atoms with Gasteiger partial charge in [0.1, 0.15) is 0 Å². The van der Waals surface area contributed by atoms with E-state index in [-0.39, 0.29) is 17.4 Å². The van der Waals surface area contributed by atoms with Crippen LogP contribution in [0.5, 0.6) is 0 Å². The molecule has 0 saturated carbocycles. The Labute approximate surface area is 95.1 Å². The van der Waals surface area contributed by atoms with Crippen LogP contribution >= 0.6 is 11.8 Å². The first-order valence-corrected chi connectivity index (χ1v) is 5.95. The summed E-state index contributed by atoms with van der Waals surface area (Å²) in [5.74, 6) is 0. The molecule has 15 heavy (non-hydrogen) atoms. The number of nitrogens with two attached hydrogens (primary N) is 1. The minimum atomic E-state index is -0.317. The molecular weight excluding hydrogens is 208 g/mol. The Bertz CT molecular complexity index is 298. The lowest BCUT2D eigenvalue weighted by molar-refractivity contribution is 0.196. The van der Waals surface area contributed by atoms with Gasteiger partial charge in [-0.2, -0.15) is 0 Å². The molecular formula is C11H18N2OS. The fourth-order valence-corrected chi connectivity index (χ4v) is 1.93. The summed E-state index contributed by atoms with van der Waals surface area (Å²) >= 11 is 1.62. The van der Waals surface area contributed by atoms with Gasteiger partial charge >= 0.3 is 0 Å². The first kappa shape index (κ1) is 12.5. The molecule has 0 aliphatic rings. The number of thioether (sulfide) groups is 1. The van der Waals surface area contributed by atoms with E-state index in [9.17, 15) is 5.11 Å². The third-order valence-corrected chi connectivity index (χ3v) is 3.51. The summed E-state index contributed by atoms with van der Waals surface area (Å²) in [5, 5.41) is 9.54. The summed E-state index contributed by atoms with van der Waals surface area (Å²) in [6.07, 6.45) is 1.49. The van der Waals surface area contributed by atoms with Crippen LogP contribution in [0, 0.1) is 0 Å². The standard InChI is InChI=1S/C11H18N2OS/c1-7(12)11-5-4-10(6-13-11)15-9(3)8(2)14/h4-9,14H,12H2,1-3H3/t7-,8?,9?/m0/s1. The van der Waals surface area contributed by atoms with Gasteiger partial charge in [-0.3, -0.25) is 4.98 Å². The third kappa shape index (κ3) is 3.81. The van der Waals surface area contributed by atoms with Crippen LogP contribution in [0.3, 0.4) is 0 Å². The molecule has 0 amide bonds. The average molecular weight is 226 g/mol. The molecule has 2 unspecified atom stereocenters. The van der Waals surface area contributed by atoms with Gasteiger partial charge in [0.25, 0.3) is 0 Å². The highest BCUT2D eigenvalue weighted by molar-refractivity contribution is 8.00. The van der Waals surface area contributed by atoms with Crippen LogP contribution in [0.1, 0.15) is 32.5 Å². The van der Waals surface area contributed by atoms with Gasteiger partial charge in [-0.25, -0.2) is 0 Å². The summed E-state index contributed by atoms with van der Waals surface area (Å²) in [7, 11) is 0. The maximum absolute atomic E-state index is 9.36. The minimum absolute atomic E-state index is 0.0294. The van der Waals surface area contributed by atoms with Gasteiger partial charge in [0.2, 0.25) is 0 Å². The van der Waals surface area contributed by atoms with E-state index in [1.165, 1.54) is 0 Å². The highest BCUT2D eigenvalue weighted by Gasteiger charge is 2.10. The van der Waals surface area contributed by atoms with Gasteiger partial charge in [0.15, 0.2) is 0 Å². The zero-order valence-electron chi connectivity index (χ0n) is 9.34. The van der Waals surface area contributed by atoms with Gasteiger partial charge in [0, 0.05) is 22.4 Å². The molecule has 1 aromatic rings. The van der Waals surface area contributed by atoms with Gasteiger partial charge < -0.3 is 10.8 Å². The Morgan fingerprint density at radius 1 is 1.33 bits per heavy atom. The third-order valence-electron chi connectivity index (χ3n) is 2.23. The second-order valence-electron chi connectivity index (χ2n) is 3.77. The molecule has 1 rings (SSSR count). The number of hydrogen-bond acceptors (Lipinski definition) is 4. The highest BCUT2D eigenvalue weighted by Crippen LogP contribution is 2.24. The maximum atomic E-state index is 9.36. The highest BCUT2D eigenvalue weighted by atomic mass is 32.2. The van der Waals surface area contributed by atoms with Crippen LogP contribution in [0.2, 0.25) is 0 Å². The van der Waals surface area contributed by atoms with E-state index in [2.05, 4.69) is 4.98 Å². The van der Waals surface area contributed by atoms with Crippen LogP contribution in [-0.4, -0.2) is 21.4 Å². The van der Waals surface area contributed by atoms with Gasteiger partial charge in [0.05, 0.1) is 11.8 Å². The lowest BCUT2D eigenvalue weighted by Crippen LogP contribution is -2.15. The van der Waals surface area contributed by atoms with Crippen LogP contribution in [0.4, 0.5) is 0 Å². The first-order valence-electron chi connectivity index (χ1n) is 5.07. The van der Waals surface area contributed by atoms with Crippen molar-refractivity contribution in [2.24, 2.45) is 5.73 Å². The van der Waals surface area contributed by atoms with Crippen molar-refractivity contribution in [3.63, 3.8) is 0 Å². The van der Waals surface area contributed by atoms with Crippen molar-refractivity contribution in [3.05, 3.63) is 24.0 Å². The summed E-state index contributed by atoms with van der Waals surface area (Å²) in [5.41, 5.74) is 6.60. The minimum Gasteiger partial charge on any atom is -0.392 e. The molecule has 0 aliphatic heterocycles. The Morgan fingerprint density at radius 2 is 2.00 bits per heavy atom. The van der Waals surface area contributed by atoms with Crippen molar-refractivity contribution in [1.82, 2.24) is 4.98 Å². The van der Waals surface area contributed by atoms with E-state index in [1.54, 1.807) is 18.7 Å². The van der Waals surface area contributed by atoms with Crippen molar-refractivity contribution in [2.75, 3.05) is 0 Å². The van der Waals surface area contributed by atoms with Crippen molar-refractivity contribution < 1.29 is 5.11 Å². The predicted octanol–water partition coefficient (Wildman–Crippen LogP) is 1.96. The lowest BCUT2D eigenvalue weighted by atomic mass is 10.2. The Balaban J connectivity index is 2.64. The zero-order valence-corrected chi connectivity index (χ0v) is 10.2. The maximum Gasteiger partial charge on any atom is 0.0631 e. The van der Waals surface area contributed by atoms with Crippen molar-refractivity contribution in [2.45, 2.75) is 43.1 Å². The largest absolute Gasteiger partial charge is 0.392 e. The topological polar surface area (TPSA) is 59.1 Å². The second-order valence-corrected chi connectivity index (χ2v) is 5.22. The van der Waals surface area contributed by atoms with Crippen LogP contribution in [0.25, 0.3) is 0 Å². The molecule has 1 aromatic heterocycles. The molecule has 0 saturated heterocycles. The molecule has 3 N–H and O–H groups in total. The van der Waals surface area contributed by atoms with E-state index >= 15 is 0 Å². The SMILES string of the molecule is CC(O)C(C)Sc1ccc([C@H](C)N)nc1. The van der Waals surface area contributed by atoms with Crippen LogP contribution < -0.4 is 5.73 Å². The summed E-state index contributed by atoms with van der Waals surface area (Å²) in [6.45, 7) is 5.70. The van der Waals surface area contributed by atoms with Crippen LogP contribution in [-0.2, 0) is 0 Å². The molecule has 0 aliphatic carbocycles. The van der Waals surface area contributed by atoms with Gasteiger partial charge in [-0.15, -0.1) is 11.8 Å².